The van der Waals surface area contributed by atoms with E-state index in [1.807, 2.05) is 24.8 Å². The van der Waals surface area contributed by atoms with Crippen LogP contribution in [0.15, 0.2) is 28.9 Å². The van der Waals surface area contributed by atoms with Gasteiger partial charge in [0.05, 0.1) is 12.9 Å². The molecule has 0 aromatic carbocycles. The molecule has 7 nitrogen and oxygen atoms in total. The van der Waals surface area contributed by atoms with Crippen LogP contribution in [0.5, 0.6) is 0 Å². The Morgan fingerprint density at radius 3 is 2.58 bits per heavy atom. The minimum atomic E-state index is -0.0758. The summed E-state index contributed by atoms with van der Waals surface area (Å²) in [7, 11) is 1.65. The molecule has 1 aliphatic rings. The van der Waals surface area contributed by atoms with Crippen LogP contribution >= 0.6 is 0 Å². The molecule has 1 amide bonds. The van der Waals surface area contributed by atoms with Crippen molar-refractivity contribution in [3.63, 3.8) is 0 Å². The molecule has 2 aromatic rings. The van der Waals surface area contributed by atoms with E-state index in [1.54, 1.807) is 19.2 Å². The van der Waals surface area contributed by atoms with Gasteiger partial charge in [-0.3, -0.25) is 4.79 Å². The van der Waals surface area contributed by atoms with Gasteiger partial charge in [0, 0.05) is 44.2 Å². The van der Waals surface area contributed by atoms with Gasteiger partial charge in [-0.15, -0.1) is 0 Å². The highest BCUT2D eigenvalue weighted by Gasteiger charge is 2.30. The fraction of sp³-hybridized carbons (Fsp3) is 0.526. The molecule has 7 heteroatoms. The van der Waals surface area contributed by atoms with Crippen molar-refractivity contribution in [2.75, 3.05) is 38.3 Å². The molecule has 0 bridgehead atoms. The van der Waals surface area contributed by atoms with Gasteiger partial charge in [-0.2, -0.15) is 0 Å². The summed E-state index contributed by atoms with van der Waals surface area (Å²) in [5.74, 6) is 1.08. The smallest absolute Gasteiger partial charge is 0.289 e. The lowest BCUT2D eigenvalue weighted by atomic mass is 10.0. The summed E-state index contributed by atoms with van der Waals surface area (Å²) in [5, 5.41) is 0. The number of furan rings is 1. The average Bonchev–Trinajstić information content (AvgIpc) is 3.16. The summed E-state index contributed by atoms with van der Waals surface area (Å²) < 4.78 is 10.5. The number of carbonyl (C=O) groups excluding carboxylic acids is 1. The number of methoxy groups -OCH3 is 1. The normalized spacial score (nSPS) is 15.3. The Hall–Kier alpha value is -2.41. The lowest BCUT2D eigenvalue weighted by Crippen LogP contribution is -2.48. The molecule has 0 radical (unpaired) electrons. The third kappa shape index (κ3) is 4.22. The number of aromatic nitrogens is 2. The number of ether oxygens (including phenoxy) is 1. The summed E-state index contributed by atoms with van der Waals surface area (Å²) >= 11 is 0. The number of aryl methyl sites for hydroxylation is 2. The third-order valence-corrected chi connectivity index (χ3v) is 4.69. The van der Waals surface area contributed by atoms with Crippen LogP contribution in [-0.4, -0.2) is 60.2 Å². The van der Waals surface area contributed by atoms with Gasteiger partial charge in [0.1, 0.15) is 0 Å². The first kappa shape index (κ1) is 18.4. The second-order valence-corrected chi connectivity index (χ2v) is 6.64. The molecular formula is C19H26N4O3. The number of hydrogen-bond donors (Lipinski definition) is 0. The Balaban J connectivity index is 1.68. The van der Waals surface area contributed by atoms with Gasteiger partial charge in [0.25, 0.3) is 5.91 Å². The van der Waals surface area contributed by atoms with E-state index in [9.17, 15) is 4.79 Å². The van der Waals surface area contributed by atoms with Gasteiger partial charge in [0.2, 0.25) is 5.95 Å². The molecule has 0 atom stereocenters. The van der Waals surface area contributed by atoms with Gasteiger partial charge < -0.3 is 19.0 Å². The Kier molecular flexibility index (Phi) is 5.88. The summed E-state index contributed by atoms with van der Waals surface area (Å²) in [6.45, 7) is 6.68. The minimum absolute atomic E-state index is 0.0758. The first-order valence-electron chi connectivity index (χ1n) is 8.99. The molecule has 3 rings (SSSR count). The highest BCUT2D eigenvalue weighted by Crippen LogP contribution is 2.22. The quantitative estimate of drug-likeness (QED) is 0.790. The number of hydrogen-bond acceptors (Lipinski definition) is 6. The van der Waals surface area contributed by atoms with Crippen molar-refractivity contribution >= 4 is 11.9 Å². The van der Waals surface area contributed by atoms with Gasteiger partial charge in [-0.25, -0.2) is 9.97 Å². The highest BCUT2D eigenvalue weighted by molar-refractivity contribution is 5.91. The molecule has 3 heterocycles. The van der Waals surface area contributed by atoms with Crippen molar-refractivity contribution in [3.8, 4) is 0 Å². The zero-order valence-electron chi connectivity index (χ0n) is 15.6. The first-order valence-corrected chi connectivity index (χ1v) is 8.99. The second kappa shape index (κ2) is 8.31. The standard InChI is InChI=1S/C19H26N4O3/c1-14-13-15(2)21-19(20-14)22-8-6-16(7-9-22)23(10-12-25-3)18(24)17-5-4-11-26-17/h4-5,11,13,16H,6-10,12H2,1-3H3. The zero-order valence-corrected chi connectivity index (χ0v) is 15.6. The molecule has 140 valence electrons. The number of nitrogens with zero attached hydrogens (tertiary/aromatic N) is 4. The van der Waals surface area contributed by atoms with Crippen LogP contribution in [0.25, 0.3) is 0 Å². The van der Waals surface area contributed by atoms with Gasteiger partial charge in [-0.05, 0) is 44.9 Å². The molecular weight excluding hydrogens is 332 g/mol. The first-order chi connectivity index (χ1) is 12.6. The molecule has 0 spiro atoms. The molecule has 2 aromatic heterocycles. The van der Waals surface area contributed by atoms with Crippen molar-refractivity contribution in [2.24, 2.45) is 0 Å². The van der Waals surface area contributed by atoms with E-state index >= 15 is 0 Å². The van der Waals surface area contributed by atoms with E-state index in [1.165, 1.54) is 6.26 Å². The molecule has 1 fully saturated rings. The number of amides is 1. The summed E-state index contributed by atoms with van der Waals surface area (Å²) in [6, 6.07) is 5.58. The summed E-state index contributed by atoms with van der Waals surface area (Å²) in [4.78, 5) is 26.0. The number of piperidine rings is 1. The maximum Gasteiger partial charge on any atom is 0.289 e. The topological polar surface area (TPSA) is 71.7 Å². The Morgan fingerprint density at radius 1 is 1.31 bits per heavy atom. The second-order valence-electron chi connectivity index (χ2n) is 6.64. The molecule has 0 saturated carbocycles. The van der Waals surface area contributed by atoms with Crippen LogP contribution in [0.2, 0.25) is 0 Å². The Labute approximate surface area is 154 Å². The van der Waals surface area contributed by atoms with Crippen molar-refractivity contribution < 1.29 is 13.9 Å². The van der Waals surface area contributed by atoms with Crippen LogP contribution in [0.4, 0.5) is 5.95 Å². The maximum absolute atomic E-state index is 12.8. The van der Waals surface area contributed by atoms with Crippen LogP contribution in [0, 0.1) is 13.8 Å². The van der Waals surface area contributed by atoms with Crippen LogP contribution in [0.3, 0.4) is 0 Å². The molecule has 26 heavy (non-hydrogen) atoms. The fourth-order valence-electron chi connectivity index (χ4n) is 3.41. The Morgan fingerprint density at radius 2 is 2.00 bits per heavy atom. The molecule has 1 aliphatic heterocycles. The van der Waals surface area contributed by atoms with Crippen molar-refractivity contribution in [1.29, 1.82) is 0 Å². The SMILES string of the molecule is COCCN(C(=O)c1ccco1)C1CCN(c2nc(C)cc(C)n2)CC1. The van der Waals surface area contributed by atoms with E-state index in [-0.39, 0.29) is 11.9 Å². The van der Waals surface area contributed by atoms with Crippen molar-refractivity contribution in [3.05, 3.63) is 41.6 Å². The van der Waals surface area contributed by atoms with Gasteiger partial charge in [0.15, 0.2) is 5.76 Å². The minimum Gasteiger partial charge on any atom is -0.459 e. The van der Waals surface area contributed by atoms with E-state index in [0.717, 1.165) is 43.3 Å². The number of anilines is 1. The largest absolute Gasteiger partial charge is 0.459 e. The average molecular weight is 358 g/mol. The fourth-order valence-corrected chi connectivity index (χ4v) is 3.41. The van der Waals surface area contributed by atoms with Crippen LogP contribution < -0.4 is 4.90 Å². The lowest BCUT2D eigenvalue weighted by molar-refractivity contribution is 0.0538. The van der Waals surface area contributed by atoms with E-state index < -0.39 is 0 Å². The maximum atomic E-state index is 12.8. The molecule has 0 N–H and O–H groups in total. The molecule has 0 aliphatic carbocycles. The monoisotopic (exact) mass is 358 g/mol. The summed E-state index contributed by atoms with van der Waals surface area (Å²) in [5.41, 5.74) is 1.95. The van der Waals surface area contributed by atoms with E-state index in [2.05, 4.69) is 14.9 Å². The third-order valence-electron chi connectivity index (χ3n) is 4.69. The Bertz CT molecular complexity index is 704. The molecule has 1 saturated heterocycles. The highest BCUT2D eigenvalue weighted by atomic mass is 16.5. The number of carbonyl (C=O) groups is 1. The van der Waals surface area contributed by atoms with Crippen molar-refractivity contribution in [1.82, 2.24) is 14.9 Å². The van der Waals surface area contributed by atoms with Gasteiger partial charge >= 0.3 is 0 Å². The van der Waals surface area contributed by atoms with E-state index in [0.29, 0.717) is 18.9 Å². The predicted molar refractivity (Wildman–Crippen MR) is 98.4 cm³/mol. The summed E-state index contributed by atoms with van der Waals surface area (Å²) in [6.07, 6.45) is 3.26. The van der Waals surface area contributed by atoms with Crippen molar-refractivity contribution in [2.45, 2.75) is 32.7 Å². The molecule has 0 unspecified atom stereocenters. The zero-order chi connectivity index (χ0) is 18.5. The van der Waals surface area contributed by atoms with E-state index in [4.69, 9.17) is 9.15 Å². The van der Waals surface area contributed by atoms with Gasteiger partial charge in [-0.1, -0.05) is 0 Å². The van der Waals surface area contributed by atoms with Crippen LogP contribution in [-0.2, 0) is 4.74 Å². The number of rotatable bonds is 6. The van der Waals surface area contributed by atoms with Crippen LogP contribution in [0.1, 0.15) is 34.8 Å². The lowest BCUT2D eigenvalue weighted by Gasteiger charge is -2.38. The predicted octanol–water partition coefficient (Wildman–Crippen LogP) is 2.44.